The number of rotatable bonds is 13. The Morgan fingerprint density at radius 1 is 0.970 bits per heavy atom. The number of aliphatic hydroxyl groups excluding tert-OH is 1. The first kappa shape index (κ1) is 29.8. The van der Waals surface area contributed by atoms with E-state index in [1.165, 1.54) is 0 Å². The third-order valence-electron chi connectivity index (χ3n) is 6.44. The van der Waals surface area contributed by atoms with Gasteiger partial charge in [-0.2, -0.15) is 0 Å². The number of aliphatic hydroxyl groups is 1. The molecule has 1 N–H and O–H groups in total. The molecule has 1 aromatic carbocycles. The molecular formula is C27H46O5Si. The second-order valence-electron chi connectivity index (χ2n) is 10.6. The molecule has 0 bridgehead atoms. The lowest BCUT2D eigenvalue weighted by Gasteiger charge is -2.38. The first-order valence-electron chi connectivity index (χ1n) is 11.9. The van der Waals surface area contributed by atoms with Crippen molar-refractivity contribution in [3.63, 3.8) is 0 Å². The summed E-state index contributed by atoms with van der Waals surface area (Å²) in [6.07, 6.45) is -0.913. The Hall–Kier alpha value is -1.20. The highest BCUT2D eigenvalue weighted by molar-refractivity contribution is 6.74. The normalized spacial score (nSPS) is 16.9. The quantitative estimate of drug-likeness (QED) is 0.231. The summed E-state index contributed by atoms with van der Waals surface area (Å²) in [6.45, 7) is 19.1. The van der Waals surface area contributed by atoms with Crippen molar-refractivity contribution in [2.75, 3.05) is 27.1 Å². The van der Waals surface area contributed by atoms with Crippen LogP contribution in [-0.2, 0) is 25.2 Å². The van der Waals surface area contributed by atoms with Crippen molar-refractivity contribution in [1.29, 1.82) is 0 Å². The molecule has 5 atom stereocenters. The van der Waals surface area contributed by atoms with Gasteiger partial charge in [-0.05, 0) is 30.6 Å². The number of ether oxygens (including phenoxy) is 3. The van der Waals surface area contributed by atoms with Gasteiger partial charge in [-0.1, -0.05) is 76.8 Å². The highest BCUT2D eigenvalue weighted by Crippen LogP contribution is 2.37. The Morgan fingerprint density at radius 2 is 1.61 bits per heavy atom. The van der Waals surface area contributed by atoms with Gasteiger partial charge in [-0.15, -0.1) is 0 Å². The van der Waals surface area contributed by atoms with E-state index < -0.39 is 14.4 Å². The summed E-state index contributed by atoms with van der Waals surface area (Å²) in [5, 5.41) is 10.7. The molecule has 0 aliphatic rings. The van der Waals surface area contributed by atoms with Crippen LogP contribution in [-0.4, -0.2) is 52.7 Å². The van der Waals surface area contributed by atoms with Crippen molar-refractivity contribution in [3.8, 4) is 11.8 Å². The van der Waals surface area contributed by atoms with Crippen LogP contribution in [0.5, 0.6) is 0 Å². The average molecular weight is 479 g/mol. The zero-order valence-electron chi connectivity index (χ0n) is 22.2. The Balaban J connectivity index is 2.66. The van der Waals surface area contributed by atoms with Crippen LogP contribution < -0.4 is 0 Å². The van der Waals surface area contributed by atoms with Gasteiger partial charge in [-0.25, -0.2) is 0 Å². The van der Waals surface area contributed by atoms with E-state index in [-0.39, 0.29) is 35.7 Å². The summed E-state index contributed by atoms with van der Waals surface area (Å²) in [5.41, 5.74) is 1.12. The number of benzene rings is 1. The fourth-order valence-electron chi connectivity index (χ4n) is 3.07. The van der Waals surface area contributed by atoms with Gasteiger partial charge in [0.15, 0.2) is 8.32 Å². The second-order valence-corrected chi connectivity index (χ2v) is 15.4. The molecule has 0 amide bonds. The molecule has 0 spiro atoms. The zero-order chi connectivity index (χ0) is 25.1. The molecular weight excluding hydrogens is 432 g/mol. The molecule has 0 aliphatic heterocycles. The van der Waals surface area contributed by atoms with E-state index in [2.05, 4.69) is 52.6 Å². The summed E-state index contributed by atoms with van der Waals surface area (Å²) in [4.78, 5) is 0. The van der Waals surface area contributed by atoms with Gasteiger partial charge in [0, 0.05) is 31.5 Å². The number of hydrogen-bond donors (Lipinski definition) is 1. The van der Waals surface area contributed by atoms with Gasteiger partial charge in [0.05, 0.1) is 19.3 Å². The van der Waals surface area contributed by atoms with Crippen molar-refractivity contribution in [3.05, 3.63) is 35.9 Å². The van der Waals surface area contributed by atoms with Gasteiger partial charge < -0.3 is 23.7 Å². The minimum absolute atomic E-state index is 0.0785. The molecule has 6 heteroatoms. The van der Waals surface area contributed by atoms with Crippen LogP contribution in [0.25, 0.3) is 0 Å². The van der Waals surface area contributed by atoms with E-state index in [9.17, 15) is 5.11 Å². The summed E-state index contributed by atoms with van der Waals surface area (Å²) in [6, 6.07) is 10.0. The lowest BCUT2D eigenvalue weighted by atomic mass is 9.93. The van der Waals surface area contributed by atoms with E-state index in [0.29, 0.717) is 19.8 Å². The predicted molar refractivity (Wildman–Crippen MR) is 137 cm³/mol. The van der Waals surface area contributed by atoms with Crippen molar-refractivity contribution in [2.45, 2.75) is 78.5 Å². The molecule has 188 valence electrons. The summed E-state index contributed by atoms with van der Waals surface area (Å²) >= 11 is 0. The molecule has 1 aromatic rings. The van der Waals surface area contributed by atoms with Gasteiger partial charge >= 0.3 is 0 Å². The molecule has 5 nitrogen and oxygen atoms in total. The summed E-state index contributed by atoms with van der Waals surface area (Å²) in [5.74, 6) is 6.19. The average Bonchev–Trinajstić information content (AvgIpc) is 2.76. The van der Waals surface area contributed by atoms with E-state index in [1.807, 2.05) is 44.2 Å². The van der Waals surface area contributed by atoms with E-state index >= 15 is 0 Å². The largest absolute Gasteiger partial charge is 0.416 e. The lowest BCUT2D eigenvalue weighted by Crippen LogP contribution is -2.43. The fraction of sp³-hybridized carbons (Fsp3) is 0.704. The van der Waals surface area contributed by atoms with Gasteiger partial charge in [0.1, 0.15) is 12.9 Å². The standard InChI is InChI=1S/C27H46O5Si/c1-21(15-16-25(28)22(2)17-30-19-24-13-11-10-12-14-24)26(31-20-29-7)23(3)18-32-33(8,9)27(4,5)6/h10-14,21-23,25-26,28H,17-20H2,1-9H3/t21-,22-,23-,25-,26-/m0/s1. The third kappa shape index (κ3) is 10.7. The highest BCUT2D eigenvalue weighted by atomic mass is 28.4. The molecule has 0 unspecified atom stereocenters. The Morgan fingerprint density at radius 3 is 2.18 bits per heavy atom. The minimum Gasteiger partial charge on any atom is -0.416 e. The van der Waals surface area contributed by atoms with Crippen molar-refractivity contribution in [2.24, 2.45) is 17.8 Å². The van der Waals surface area contributed by atoms with Crippen LogP contribution in [0.1, 0.15) is 47.1 Å². The molecule has 0 saturated heterocycles. The van der Waals surface area contributed by atoms with Crippen molar-refractivity contribution in [1.82, 2.24) is 0 Å². The maximum absolute atomic E-state index is 10.5. The highest BCUT2D eigenvalue weighted by Gasteiger charge is 2.38. The van der Waals surface area contributed by atoms with Crippen LogP contribution in [0.3, 0.4) is 0 Å². The topological polar surface area (TPSA) is 57.2 Å². The second kappa shape index (κ2) is 14.3. The fourth-order valence-corrected chi connectivity index (χ4v) is 4.18. The SMILES string of the molecule is COCO[C@@H]([C@@H](C)C#C[C@H](O)[C@@H](C)COCc1ccccc1)[C@@H](C)CO[Si](C)(C)C(C)(C)C. The van der Waals surface area contributed by atoms with E-state index in [4.69, 9.17) is 18.6 Å². The van der Waals surface area contributed by atoms with Crippen LogP contribution in [0, 0.1) is 29.6 Å². The van der Waals surface area contributed by atoms with E-state index in [1.54, 1.807) is 7.11 Å². The predicted octanol–water partition coefficient (Wildman–Crippen LogP) is 5.49. The molecule has 0 aromatic heterocycles. The number of hydrogen-bond acceptors (Lipinski definition) is 5. The van der Waals surface area contributed by atoms with Gasteiger partial charge in [0.2, 0.25) is 0 Å². The van der Waals surface area contributed by atoms with Crippen LogP contribution in [0.2, 0.25) is 18.1 Å². The molecule has 33 heavy (non-hydrogen) atoms. The molecule has 0 heterocycles. The molecule has 0 aliphatic carbocycles. The lowest BCUT2D eigenvalue weighted by molar-refractivity contribution is -0.105. The first-order chi connectivity index (χ1) is 15.4. The maximum Gasteiger partial charge on any atom is 0.191 e. The van der Waals surface area contributed by atoms with Crippen molar-refractivity contribution >= 4 is 8.32 Å². The van der Waals surface area contributed by atoms with Gasteiger partial charge in [-0.3, -0.25) is 0 Å². The van der Waals surface area contributed by atoms with Crippen LogP contribution in [0.4, 0.5) is 0 Å². The van der Waals surface area contributed by atoms with Crippen molar-refractivity contribution < 1.29 is 23.7 Å². The smallest absolute Gasteiger partial charge is 0.191 e. The van der Waals surface area contributed by atoms with Gasteiger partial charge in [0.25, 0.3) is 0 Å². The maximum atomic E-state index is 10.5. The first-order valence-corrected chi connectivity index (χ1v) is 14.8. The third-order valence-corrected chi connectivity index (χ3v) is 10.9. The van der Waals surface area contributed by atoms with Crippen LogP contribution in [0.15, 0.2) is 30.3 Å². The zero-order valence-corrected chi connectivity index (χ0v) is 23.2. The summed E-state index contributed by atoms with van der Waals surface area (Å²) in [7, 11) is -0.229. The molecule has 1 rings (SSSR count). The Bertz CT molecular complexity index is 720. The Labute approximate surface area is 203 Å². The molecule has 0 fully saturated rings. The monoisotopic (exact) mass is 478 g/mol. The Kier molecular flexibility index (Phi) is 12.9. The summed E-state index contributed by atoms with van der Waals surface area (Å²) < 4.78 is 23.3. The minimum atomic E-state index is -1.85. The van der Waals surface area contributed by atoms with E-state index in [0.717, 1.165) is 5.56 Å². The number of methoxy groups -OCH3 is 1. The molecule has 0 saturated carbocycles. The molecule has 0 radical (unpaired) electrons. The van der Waals surface area contributed by atoms with Crippen LogP contribution >= 0.6 is 0 Å².